The Labute approximate surface area is 82.6 Å². The van der Waals surface area contributed by atoms with Crippen LogP contribution in [0.2, 0.25) is 0 Å². The van der Waals surface area contributed by atoms with E-state index in [0.29, 0.717) is 0 Å². The third kappa shape index (κ3) is 1.60. The molecule has 2 aromatic rings. The van der Waals surface area contributed by atoms with Crippen molar-refractivity contribution in [3.63, 3.8) is 0 Å². The van der Waals surface area contributed by atoms with Crippen molar-refractivity contribution in [3.05, 3.63) is 36.7 Å². The van der Waals surface area contributed by atoms with Gasteiger partial charge in [0, 0.05) is 23.7 Å². The van der Waals surface area contributed by atoms with Crippen LogP contribution in [0.1, 0.15) is 0 Å². The van der Waals surface area contributed by atoms with Crippen molar-refractivity contribution in [2.75, 3.05) is 0 Å². The zero-order valence-corrected chi connectivity index (χ0v) is 8.20. The normalized spacial score (nSPS) is 10.3. The quantitative estimate of drug-likeness (QED) is 0.683. The molecular formula is C10H10N2S. The van der Waals surface area contributed by atoms with Gasteiger partial charge in [-0.2, -0.15) is 5.10 Å². The minimum Gasteiger partial charge on any atom is -0.275 e. The van der Waals surface area contributed by atoms with Gasteiger partial charge in [0.15, 0.2) is 0 Å². The number of nitrogens with zero attached hydrogens (tertiary/aromatic N) is 2. The van der Waals surface area contributed by atoms with Gasteiger partial charge in [0.05, 0.1) is 6.20 Å². The molecule has 0 unspecified atom stereocenters. The van der Waals surface area contributed by atoms with Crippen molar-refractivity contribution in [3.8, 4) is 11.1 Å². The first-order valence-corrected chi connectivity index (χ1v) is 4.49. The van der Waals surface area contributed by atoms with Gasteiger partial charge in [0.25, 0.3) is 0 Å². The van der Waals surface area contributed by atoms with E-state index in [0.717, 1.165) is 16.0 Å². The van der Waals surface area contributed by atoms with Gasteiger partial charge in [-0.3, -0.25) is 4.68 Å². The molecule has 0 fully saturated rings. The molecule has 0 saturated heterocycles. The molecule has 0 N–H and O–H groups in total. The van der Waals surface area contributed by atoms with Crippen molar-refractivity contribution < 1.29 is 0 Å². The first-order valence-electron chi connectivity index (χ1n) is 4.04. The van der Waals surface area contributed by atoms with Crippen molar-refractivity contribution in [1.29, 1.82) is 0 Å². The molecule has 0 amide bonds. The van der Waals surface area contributed by atoms with Gasteiger partial charge in [-0.25, -0.2) is 0 Å². The summed E-state index contributed by atoms with van der Waals surface area (Å²) in [6.07, 6.45) is 3.82. The van der Waals surface area contributed by atoms with Crippen molar-refractivity contribution in [2.45, 2.75) is 4.90 Å². The molecule has 0 aliphatic rings. The Kier molecular flexibility index (Phi) is 2.10. The smallest absolute Gasteiger partial charge is 0.0568 e. The summed E-state index contributed by atoms with van der Waals surface area (Å²) in [6.45, 7) is 0. The molecule has 66 valence electrons. The van der Waals surface area contributed by atoms with Crippen molar-refractivity contribution in [2.24, 2.45) is 7.05 Å². The van der Waals surface area contributed by atoms with Crippen LogP contribution in [0.5, 0.6) is 0 Å². The zero-order valence-electron chi connectivity index (χ0n) is 7.31. The van der Waals surface area contributed by atoms with E-state index in [-0.39, 0.29) is 0 Å². The molecule has 0 aliphatic carbocycles. The van der Waals surface area contributed by atoms with Crippen LogP contribution in [0.3, 0.4) is 0 Å². The summed E-state index contributed by atoms with van der Waals surface area (Å²) in [7, 11) is 1.91. The lowest BCUT2D eigenvalue weighted by molar-refractivity contribution is 0.768. The third-order valence-electron chi connectivity index (χ3n) is 1.92. The lowest BCUT2D eigenvalue weighted by atomic mass is 10.1. The Morgan fingerprint density at radius 3 is 2.69 bits per heavy atom. The fourth-order valence-electron chi connectivity index (χ4n) is 1.28. The molecule has 0 aliphatic heterocycles. The van der Waals surface area contributed by atoms with Gasteiger partial charge in [-0.05, 0) is 11.6 Å². The number of hydrogen-bond acceptors (Lipinski definition) is 2. The number of aromatic nitrogens is 2. The maximum atomic E-state index is 4.38. The highest BCUT2D eigenvalue weighted by molar-refractivity contribution is 7.80. The fraction of sp³-hybridized carbons (Fsp3) is 0.100. The lowest BCUT2D eigenvalue weighted by Crippen LogP contribution is -1.84. The molecule has 0 spiro atoms. The minimum atomic E-state index is 0.982. The highest BCUT2D eigenvalue weighted by Gasteiger charge is 2.02. The molecule has 2 rings (SSSR count). The topological polar surface area (TPSA) is 17.8 Å². The first kappa shape index (κ1) is 8.38. The predicted octanol–water partition coefficient (Wildman–Crippen LogP) is 2.38. The highest BCUT2D eigenvalue weighted by atomic mass is 32.1. The maximum absolute atomic E-state index is 4.38. The van der Waals surface area contributed by atoms with Crippen molar-refractivity contribution >= 4 is 12.6 Å². The second-order valence-electron chi connectivity index (χ2n) is 2.92. The van der Waals surface area contributed by atoms with Crippen LogP contribution < -0.4 is 0 Å². The van der Waals surface area contributed by atoms with E-state index in [1.807, 2.05) is 43.7 Å². The molecule has 0 saturated carbocycles. The molecule has 1 aromatic heterocycles. The van der Waals surface area contributed by atoms with Crippen LogP contribution in [-0.2, 0) is 7.05 Å². The van der Waals surface area contributed by atoms with Crippen molar-refractivity contribution in [1.82, 2.24) is 9.78 Å². The fourth-order valence-corrected chi connectivity index (χ4v) is 1.57. The average Bonchev–Trinajstić information content (AvgIpc) is 2.53. The third-order valence-corrected chi connectivity index (χ3v) is 2.31. The largest absolute Gasteiger partial charge is 0.275 e. The van der Waals surface area contributed by atoms with Gasteiger partial charge >= 0.3 is 0 Å². The zero-order chi connectivity index (χ0) is 9.26. The van der Waals surface area contributed by atoms with Gasteiger partial charge in [0.1, 0.15) is 0 Å². The van der Waals surface area contributed by atoms with Gasteiger partial charge in [-0.15, -0.1) is 12.6 Å². The Bertz CT molecular complexity index is 420. The summed E-state index contributed by atoms with van der Waals surface area (Å²) in [6, 6.07) is 8.00. The van der Waals surface area contributed by atoms with Crippen LogP contribution in [0, 0.1) is 0 Å². The van der Waals surface area contributed by atoms with Crippen LogP contribution >= 0.6 is 12.6 Å². The second kappa shape index (κ2) is 3.26. The highest BCUT2D eigenvalue weighted by Crippen LogP contribution is 2.25. The molecule has 2 nitrogen and oxygen atoms in total. The second-order valence-corrected chi connectivity index (χ2v) is 3.40. The molecule has 1 heterocycles. The minimum absolute atomic E-state index is 0.982. The molecule has 1 aromatic carbocycles. The number of benzene rings is 1. The maximum Gasteiger partial charge on any atom is 0.0568 e. The summed E-state index contributed by atoms with van der Waals surface area (Å²) in [5.74, 6) is 0. The number of aryl methyl sites for hydroxylation is 1. The van der Waals surface area contributed by atoms with Crippen LogP contribution in [-0.4, -0.2) is 9.78 Å². The summed E-state index contributed by atoms with van der Waals surface area (Å²) >= 11 is 4.38. The first-order chi connectivity index (χ1) is 6.27. The van der Waals surface area contributed by atoms with Gasteiger partial charge in [-0.1, -0.05) is 18.2 Å². The van der Waals surface area contributed by atoms with E-state index in [9.17, 15) is 0 Å². The lowest BCUT2D eigenvalue weighted by Gasteiger charge is -1.99. The SMILES string of the molecule is Cn1cc(-c2ccccc2S)cn1. The summed E-state index contributed by atoms with van der Waals surface area (Å²) in [4.78, 5) is 0.982. The molecule has 13 heavy (non-hydrogen) atoms. The Balaban J connectivity index is 2.52. The molecule has 0 bridgehead atoms. The molecule has 3 heteroatoms. The van der Waals surface area contributed by atoms with E-state index in [2.05, 4.69) is 17.7 Å². The predicted molar refractivity (Wildman–Crippen MR) is 55.9 cm³/mol. The summed E-state index contributed by atoms with van der Waals surface area (Å²) in [5, 5.41) is 4.12. The standard InChI is InChI=1S/C10H10N2S/c1-12-7-8(6-11-12)9-4-2-3-5-10(9)13/h2-7,13H,1H3. The Morgan fingerprint density at radius 1 is 1.31 bits per heavy atom. The van der Waals surface area contributed by atoms with Crippen LogP contribution in [0.4, 0.5) is 0 Å². The van der Waals surface area contributed by atoms with E-state index in [1.165, 1.54) is 0 Å². The Morgan fingerprint density at radius 2 is 2.08 bits per heavy atom. The van der Waals surface area contributed by atoms with Crippen LogP contribution in [0.15, 0.2) is 41.6 Å². The van der Waals surface area contributed by atoms with Gasteiger partial charge < -0.3 is 0 Å². The van der Waals surface area contributed by atoms with E-state index >= 15 is 0 Å². The number of thiol groups is 1. The van der Waals surface area contributed by atoms with E-state index < -0.39 is 0 Å². The molecular weight excluding hydrogens is 180 g/mol. The van der Waals surface area contributed by atoms with Crippen LogP contribution in [0.25, 0.3) is 11.1 Å². The van der Waals surface area contributed by atoms with E-state index in [4.69, 9.17) is 0 Å². The number of rotatable bonds is 1. The summed E-state index contributed by atoms with van der Waals surface area (Å²) < 4.78 is 1.79. The van der Waals surface area contributed by atoms with Gasteiger partial charge in [0.2, 0.25) is 0 Å². The average molecular weight is 190 g/mol. The summed E-state index contributed by atoms with van der Waals surface area (Å²) in [5.41, 5.74) is 2.23. The van der Waals surface area contributed by atoms with E-state index in [1.54, 1.807) is 4.68 Å². The molecule has 0 atom stereocenters. The monoisotopic (exact) mass is 190 g/mol. The molecule has 0 radical (unpaired) electrons. The number of hydrogen-bond donors (Lipinski definition) is 1. The Hall–Kier alpha value is -1.22.